The van der Waals surface area contributed by atoms with E-state index in [-0.39, 0.29) is 18.0 Å². The molecule has 0 aromatic heterocycles. The summed E-state index contributed by atoms with van der Waals surface area (Å²) in [5.41, 5.74) is 0.242. The largest absolute Gasteiger partial charge is 0.459 e. The summed E-state index contributed by atoms with van der Waals surface area (Å²) in [4.78, 5) is 24.9. The number of carbonyl (C=O) groups is 2. The van der Waals surface area contributed by atoms with Gasteiger partial charge in [0.2, 0.25) is 0 Å². The van der Waals surface area contributed by atoms with Crippen LogP contribution in [0, 0.1) is 0 Å². The minimum absolute atomic E-state index is 0.00154. The molecule has 122 valence electrons. The third-order valence-corrected chi connectivity index (χ3v) is 5.68. The maximum Gasteiger partial charge on any atom is 0.338 e. The second-order valence-electron chi connectivity index (χ2n) is 6.60. The van der Waals surface area contributed by atoms with Crippen molar-refractivity contribution in [1.82, 2.24) is 0 Å². The minimum atomic E-state index is -0.718. The SMILES string of the molecule is O=C1OC2(CCCCC2)C(C(=O)OC2CCCCC2)=C1CBr. The van der Waals surface area contributed by atoms with Crippen LogP contribution in [-0.2, 0) is 19.1 Å². The molecule has 5 heteroatoms. The fourth-order valence-corrected chi connectivity index (χ4v) is 4.48. The van der Waals surface area contributed by atoms with Gasteiger partial charge in [-0.25, -0.2) is 9.59 Å². The molecule has 0 aromatic carbocycles. The monoisotopic (exact) mass is 370 g/mol. The molecule has 1 spiro atoms. The van der Waals surface area contributed by atoms with Gasteiger partial charge >= 0.3 is 11.9 Å². The maximum absolute atomic E-state index is 12.8. The zero-order chi connectivity index (χ0) is 15.6. The van der Waals surface area contributed by atoms with E-state index in [0.717, 1.165) is 57.8 Å². The first-order valence-electron chi connectivity index (χ1n) is 8.40. The van der Waals surface area contributed by atoms with E-state index in [1.165, 1.54) is 6.42 Å². The molecule has 0 aromatic rings. The standard InChI is InChI=1S/C17H23BrO4/c18-11-13-14(16(20)21-12-7-3-1-4-8-12)17(22-15(13)19)9-5-2-6-10-17/h12H,1-11H2. The van der Waals surface area contributed by atoms with Crippen molar-refractivity contribution in [3.8, 4) is 0 Å². The van der Waals surface area contributed by atoms with Gasteiger partial charge in [-0.2, -0.15) is 0 Å². The maximum atomic E-state index is 12.8. The molecule has 0 unspecified atom stereocenters. The summed E-state index contributed by atoms with van der Waals surface area (Å²) >= 11 is 3.33. The number of hydrogen-bond acceptors (Lipinski definition) is 4. The van der Waals surface area contributed by atoms with Crippen molar-refractivity contribution in [2.75, 3.05) is 5.33 Å². The summed E-state index contributed by atoms with van der Waals surface area (Å²) in [6, 6.07) is 0. The summed E-state index contributed by atoms with van der Waals surface area (Å²) in [6.45, 7) is 0. The van der Waals surface area contributed by atoms with Crippen LogP contribution in [0.3, 0.4) is 0 Å². The predicted octanol–water partition coefficient (Wildman–Crippen LogP) is 3.81. The summed E-state index contributed by atoms with van der Waals surface area (Å²) in [5, 5.41) is 0.350. The van der Waals surface area contributed by atoms with E-state index in [9.17, 15) is 9.59 Å². The Morgan fingerprint density at radius 2 is 1.77 bits per heavy atom. The van der Waals surface area contributed by atoms with E-state index in [4.69, 9.17) is 9.47 Å². The summed E-state index contributed by atoms with van der Waals surface area (Å²) in [5.74, 6) is -0.677. The first-order valence-corrected chi connectivity index (χ1v) is 9.52. The van der Waals surface area contributed by atoms with Gasteiger partial charge in [0, 0.05) is 5.33 Å². The highest BCUT2D eigenvalue weighted by Crippen LogP contribution is 2.45. The molecule has 0 amide bonds. The second kappa shape index (κ2) is 6.73. The summed E-state index contributed by atoms with van der Waals surface area (Å²) in [7, 11) is 0. The molecule has 0 bridgehead atoms. The lowest BCUT2D eigenvalue weighted by Gasteiger charge is -2.34. The highest BCUT2D eigenvalue weighted by atomic mass is 79.9. The Kier molecular flexibility index (Phi) is 4.91. The highest BCUT2D eigenvalue weighted by molar-refractivity contribution is 9.09. The molecular formula is C17H23BrO4. The van der Waals surface area contributed by atoms with Crippen LogP contribution in [0.5, 0.6) is 0 Å². The molecule has 2 aliphatic carbocycles. The molecule has 0 radical (unpaired) electrons. The lowest BCUT2D eigenvalue weighted by atomic mass is 9.79. The quantitative estimate of drug-likeness (QED) is 0.559. The molecule has 2 saturated carbocycles. The van der Waals surface area contributed by atoms with Crippen molar-refractivity contribution < 1.29 is 19.1 Å². The van der Waals surface area contributed by atoms with Gasteiger partial charge in [0.1, 0.15) is 11.7 Å². The van der Waals surface area contributed by atoms with Gasteiger partial charge < -0.3 is 9.47 Å². The average Bonchev–Trinajstić information content (AvgIpc) is 2.80. The van der Waals surface area contributed by atoms with E-state index < -0.39 is 5.60 Å². The van der Waals surface area contributed by atoms with Crippen LogP contribution < -0.4 is 0 Å². The average molecular weight is 371 g/mol. The summed E-state index contributed by atoms with van der Waals surface area (Å²) in [6.07, 6.45) is 9.91. The third kappa shape index (κ3) is 2.97. The van der Waals surface area contributed by atoms with Gasteiger partial charge in [0.05, 0.1) is 11.1 Å². The highest BCUT2D eigenvalue weighted by Gasteiger charge is 2.51. The number of halogens is 1. The Labute approximate surface area is 139 Å². The molecule has 1 aliphatic heterocycles. The van der Waals surface area contributed by atoms with E-state index in [1.807, 2.05) is 0 Å². The lowest BCUT2D eigenvalue weighted by Crippen LogP contribution is -2.39. The number of alkyl halides is 1. The number of esters is 2. The Bertz CT molecular complexity index is 485. The molecule has 0 saturated heterocycles. The van der Waals surface area contributed by atoms with Crippen LogP contribution >= 0.6 is 15.9 Å². The molecule has 1 heterocycles. The van der Waals surface area contributed by atoms with Crippen molar-refractivity contribution >= 4 is 27.9 Å². The van der Waals surface area contributed by atoms with E-state index in [1.54, 1.807) is 0 Å². The molecule has 0 N–H and O–H groups in total. The molecule has 3 rings (SSSR count). The number of ether oxygens (including phenoxy) is 2. The van der Waals surface area contributed by atoms with Gasteiger partial charge in [0.15, 0.2) is 0 Å². The number of hydrogen-bond donors (Lipinski definition) is 0. The van der Waals surface area contributed by atoms with Gasteiger partial charge in [-0.1, -0.05) is 28.8 Å². The Hall–Kier alpha value is -0.840. The van der Waals surface area contributed by atoms with Crippen LogP contribution in [0.1, 0.15) is 64.2 Å². The predicted molar refractivity (Wildman–Crippen MR) is 85.7 cm³/mol. The van der Waals surface area contributed by atoms with Gasteiger partial charge in [-0.15, -0.1) is 0 Å². The summed E-state index contributed by atoms with van der Waals surface area (Å²) < 4.78 is 11.4. The molecular weight excluding hydrogens is 348 g/mol. The third-order valence-electron chi connectivity index (χ3n) is 5.12. The minimum Gasteiger partial charge on any atom is -0.459 e. The smallest absolute Gasteiger partial charge is 0.338 e. The van der Waals surface area contributed by atoms with Crippen molar-refractivity contribution in [3.05, 3.63) is 11.1 Å². The zero-order valence-corrected chi connectivity index (χ0v) is 14.5. The van der Waals surface area contributed by atoms with Crippen LogP contribution in [-0.4, -0.2) is 29.0 Å². The normalized spacial score (nSPS) is 25.4. The topological polar surface area (TPSA) is 52.6 Å². The molecule has 2 fully saturated rings. The first-order chi connectivity index (χ1) is 10.7. The van der Waals surface area contributed by atoms with Crippen LogP contribution in [0.25, 0.3) is 0 Å². The number of carbonyl (C=O) groups excluding carboxylic acids is 2. The zero-order valence-electron chi connectivity index (χ0n) is 12.9. The Morgan fingerprint density at radius 3 is 2.41 bits per heavy atom. The van der Waals surface area contributed by atoms with Crippen molar-refractivity contribution in [3.63, 3.8) is 0 Å². The van der Waals surface area contributed by atoms with E-state index in [0.29, 0.717) is 16.5 Å². The Morgan fingerprint density at radius 1 is 1.14 bits per heavy atom. The lowest BCUT2D eigenvalue weighted by molar-refractivity contribution is -0.154. The molecule has 22 heavy (non-hydrogen) atoms. The van der Waals surface area contributed by atoms with E-state index in [2.05, 4.69) is 15.9 Å². The van der Waals surface area contributed by atoms with Crippen LogP contribution in [0.15, 0.2) is 11.1 Å². The van der Waals surface area contributed by atoms with Gasteiger partial charge in [-0.3, -0.25) is 0 Å². The molecule has 3 aliphatic rings. The van der Waals surface area contributed by atoms with Crippen molar-refractivity contribution in [2.45, 2.75) is 75.9 Å². The Balaban J connectivity index is 1.83. The fraction of sp³-hybridized carbons (Fsp3) is 0.765. The number of rotatable bonds is 3. The molecule has 4 nitrogen and oxygen atoms in total. The van der Waals surface area contributed by atoms with Crippen LogP contribution in [0.2, 0.25) is 0 Å². The van der Waals surface area contributed by atoms with Gasteiger partial charge in [-0.05, 0) is 51.4 Å². The van der Waals surface area contributed by atoms with Gasteiger partial charge in [0.25, 0.3) is 0 Å². The van der Waals surface area contributed by atoms with Crippen LogP contribution in [0.4, 0.5) is 0 Å². The fourth-order valence-electron chi connectivity index (χ4n) is 3.97. The first kappa shape index (κ1) is 16.0. The molecule has 0 atom stereocenters. The second-order valence-corrected chi connectivity index (χ2v) is 7.16. The van der Waals surface area contributed by atoms with Crippen molar-refractivity contribution in [2.24, 2.45) is 0 Å². The van der Waals surface area contributed by atoms with Crippen molar-refractivity contribution in [1.29, 1.82) is 0 Å². The van der Waals surface area contributed by atoms with E-state index >= 15 is 0 Å².